The Morgan fingerprint density at radius 1 is 1.09 bits per heavy atom. The summed E-state index contributed by atoms with van der Waals surface area (Å²) >= 11 is 0. The Hall–Kier alpha value is -0.940. The normalized spacial score (nSPS) is 32.1. The Balaban J connectivity index is 1.51. The van der Waals surface area contributed by atoms with Crippen molar-refractivity contribution in [2.75, 3.05) is 39.3 Å². The molecule has 0 bridgehead atoms. The minimum atomic E-state index is -0.130. The number of aliphatic hydroxyl groups is 1. The zero-order valence-electron chi connectivity index (χ0n) is 13.5. The van der Waals surface area contributed by atoms with E-state index in [0.717, 1.165) is 52.2 Å². The number of rotatable bonds is 3. The highest BCUT2D eigenvalue weighted by Gasteiger charge is 2.55. The lowest BCUT2D eigenvalue weighted by Crippen LogP contribution is -2.77. The number of aliphatic hydroxyl groups excluding tert-OH is 1. The zero-order chi connectivity index (χ0) is 15.2. The van der Waals surface area contributed by atoms with Crippen molar-refractivity contribution in [2.45, 2.75) is 37.6 Å². The quantitative estimate of drug-likeness (QED) is 0.902. The molecule has 0 unspecified atom stereocenters. The SMILES string of the molecule is CCN1CC2(CN(Cc3ccccc3)C[C@H]3C[C@@H](O)CN32)C1. The number of likely N-dealkylation sites (tertiary alicyclic amines) is 1. The van der Waals surface area contributed by atoms with Gasteiger partial charge < -0.3 is 5.11 Å². The number of β-amino-alcohol motifs (C(OH)–C–C–N with tert-alkyl or cyclic N) is 1. The van der Waals surface area contributed by atoms with Gasteiger partial charge >= 0.3 is 0 Å². The van der Waals surface area contributed by atoms with E-state index in [0.29, 0.717) is 6.04 Å². The van der Waals surface area contributed by atoms with Crippen LogP contribution < -0.4 is 0 Å². The molecule has 1 aromatic rings. The van der Waals surface area contributed by atoms with Gasteiger partial charge in [0.1, 0.15) is 0 Å². The molecule has 3 saturated heterocycles. The number of nitrogens with zero attached hydrogens (tertiary/aromatic N) is 3. The van der Waals surface area contributed by atoms with Crippen molar-refractivity contribution in [3.05, 3.63) is 35.9 Å². The summed E-state index contributed by atoms with van der Waals surface area (Å²) in [4.78, 5) is 7.76. The van der Waals surface area contributed by atoms with E-state index in [4.69, 9.17) is 0 Å². The lowest BCUT2D eigenvalue weighted by atomic mass is 9.83. The molecule has 0 amide bonds. The van der Waals surface area contributed by atoms with Crippen LogP contribution in [0.2, 0.25) is 0 Å². The van der Waals surface area contributed by atoms with E-state index in [2.05, 4.69) is 52.0 Å². The van der Waals surface area contributed by atoms with Crippen LogP contribution in [0.5, 0.6) is 0 Å². The van der Waals surface area contributed by atoms with Gasteiger partial charge in [-0.1, -0.05) is 37.3 Å². The zero-order valence-corrected chi connectivity index (χ0v) is 13.5. The lowest BCUT2D eigenvalue weighted by Gasteiger charge is -2.61. The van der Waals surface area contributed by atoms with E-state index in [1.807, 2.05) is 0 Å². The molecule has 1 N–H and O–H groups in total. The van der Waals surface area contributed by atoms with E-state index in [1.165, 1.54) is 5.56 Å². The average molecular weight is 301 g/mol. The topological polar surface area (TPSA) is 30.0 Å². The minimum absolute atomic E-state index is 0.130. The predicted octanol–water partition coefficient (Wildman–Crippen LogP) is 1.01. The van der Waals surface area contributed by atoms with Crippen molar-refractivity contribution in [3.63, 3.8) is 0 Å². The first-order valence-corrected chi connectivity index (χ1v) is 8.62. The van der Waals surface area contributed by atoms with E-state index in [-0.39, 0.29) is 11.6 Å². The summed E-state index contributed by atoms with van der Waals surface area (Å²) in [6.45, 7) is 9.86. The molecular weight excluding hydrogens is 274 g/mol. The Kier molecular flexibility index (Phi) is 3.73. The molecule has 22 heavy (non-hydrogen) atoms. The molecule has 3 aliphatic heterocycles. The van der Waals surface area contributed by atoms with Gasteiger partial charge in [0.2, 0.25) is 0 Å². The number of likely N-dealkylation sites (N-methyl/N-ethyl adjacent to an activating group) is 1. The fourth-order valence-corrected chi connectivity index (χ4v) is 4.77. The van der Waals surface area contributed by atoms with Crippen molar-refractivity contribution in [1.82, 2.24) is 14.7 Å². The summed E-state index contributed by atoms with van der Waals surface area (Å²) in [5, 5.41) is 10.1. The first kappa shape index (κ1) is 14.6. The summed E-state index contributed by atoms with van der Waals surface area (Å²) in [7, 11) is 0. The van der Waals surface area contributed by atoms with Crippen molar-refractivity contribution < 1.29 is 5.11 Å². The van der Waals surface area contributed by atoms with Crippen LogP contribution in [0.1, 0.15) is 18.9 Å². The van der Waals surface area contributed by atoms with Gasteiger partial charge in [0.15, 0.2) is 0 Å². The van der Waals surface area contributed by atoms with E-state index < -0.39 is 0 Å². The number of hydrogen-bond acceptors (Lipinski definition) is 4. The van der Waals surface area contributed by atoms with Crippen LogP contribution in [0.15, 0.2) is 30.3 Å². The molecule has 4 heteroatoms. The van der Waals surface area contributed by atoms with Gasteiger partial charge in [-0.3, -0.25) is 14.7 Å². The second-order valence-corrected chi connectivity index (χ2v) is 7.38. The molecule has 0 radical (unpaired) electrons. The third-order valence-electron chi connectivity index (χ3n) is 5.72. The maximum Gasteiger partial charge on any atom is 0.0682 e. The van der Waals surface area contributed by atoms with Gasteiger partial charge in [0.25, 0.3) is 0 Å². The monoisotopic (exact) mass is 301 g/mol. The van der Waals surface area contributed by atoms with E-state index >= 15 is 0 Å². The summed E-state index contributed by atoms with van der Waals surface area (Å²) in [6.07, 6.45) is 0.813. The second kappa shape index (κ2) is 5.60. The van der Waals surface area contributed by atoms with E-state index in [9.17, 15) is 5.11 Å². The van der Waals surface area contributed by atoms with Gasteiger partial charge in [-0.2, -0.15) is 0 Å². The van der Waals surface area contributed by atoms with Crippen LogP contribution in [0.25, 0.3) is 0 Å². The Labute approximate surface area is 133 Å². The Morgan fingerprint density at radius 2 is 1.82 bits per heavy atom. The van der Waals surface area contributed by atoms with Crippen molar-refractivity contribution in [1.29, 1.82) is 0 Å². The third-order valence-corrected chi connectivity index (χ3v) is 5.72. The molecule has 120 valence electrons. The highest BCUT2D eigenvalue weighted by Crippen LogP contribution is 2.39. The summed E-state index contributed by atoms with van der Waals surface area (Å²) in [6, 6.07) is 11.3. The Morgan fingerprint density at radius 3 is 2.55 bits per heavy atom. The van der Waals surface area contributed by atoms with Gasteiger partial charge in [-0.15, -0.1) is 0 Å². The maximum absolute atomic E-state index is 10.1. The molecule has 0 aliphatic carbocycles. The maximum atomic E-state index is 10.1. The largest absolute Gasteiger partial charge is 0.392 e. The highest BCUT2D eigenvalue weighted by atomic mass is 16.3. The third kappa shape index (κ3) is 2.48. The van der Waals surface area contributed by atoms with E-state index in [1.54, 1.807) is 0 Å². The molecule has 1 spiro atoms. The molecule has 4 nitrogen and oxygen atoms in total. The highest BCUT2D eigenvalue weighted by molar-refractivity contribution is 5.17. The number of fused-ring (bicyclic) bond motifs is 2. The van der Waals surface area contributed by atoms with Crippen LogP contribution >= 0.6 is 0 Å². The molecule has 3 heterocycles. The molecule has 1 aromatic carbocycles. The van der Waals surface area contributed by atoms with Crippen molar-refractivity contribution in [2.24, 2.45) is 0 Å². The predicted molar refractivity (Wildman–Crippen MR) is 87.7 cm³/mol. The van der Waals surface area contributed by atoms with Crippen LogP contribution in [0.4, 0.5) is 0 Å². The molecule has 4 rings (SSSR count). The average Bonchev–Trinajstić information content (AvgIpc) is 2.85. The first-order chi connectivity index (χ1) is 10.7. The van der Waals surface area contributed by atoms with Gasteiger partial charge in [-0.25, -0.2) is 0 Å². The first-order valence-electron chi connectivity index (χ1n) is 8.62. The van der Waals surface area contributed by atoms with Crippen LogP contribution in [0.3, 0.4) is 0 Å². The fourth-order valence-electron chi connectivity index (χ4n) is 4.77. The molecule has 3 fully saturated rings. The van der Waals surface area contributed by atoms with Crippen LogP contribution in [-0.4, -0.2) is 76.8 Å². The second-order valence-electron chi connectivity index (χ2n) is 7.38. The van der Waals surface area contributed by atoms with Gasteiger partial charge in [0, 0.05) is 45.3 Å². The van der Waals surface area contributed by atoms with Crippen LogP contribution in [-0.2, 0) is 6.54 Å². The number of hydrogen-bond donors (Lipinski definition) is 1. The fraction of sp³-hybridized carbons (Fsp3) is 0.667. The minimum Gasteiger partial charge on any atom is -0.392 e. The molecule has 0 saturated carbocycles. The standard InChI is InChI=1S/C18H27N3O/c1-2-19-12-18(13-19)14-20(9-15-6-4-3-5-7-15)10-16-8-17(22)11-21(16)18/h3-7,16-17,22H,2,8-14H2,1H3/t16-,17-/m1/s1. The number of piperazine rings is 1. The van der Waals surface area contributed by atoms with Gasteiger partial charge in [-0.05, 0) is 18.5 Å². The molecule has 2 atom stereocenters. The molecule has 0 aromatic heterocycles. The number of benzene rings is 1. The van der Waals surface area contributed by atoms with Gasteiger partial charge in [0.05, 0.1) is 11.6 Å². The van der Waals surface area contributed by atoms with Crippen molar-refractivity contribution >= 4 is 0 Å². The lowest BCUT2D eigenvalue weighted by molar-refractivity contribution is -0.113. The summed E-state index contributed by atoms with van der Waals surface area (Å²) in [5.74, 6) is 0. The smallest absolute Gasteiger partial charge is 0.0682 e. The molecular formula is C18H27N3O. The van der Waals surface area contributed by atoms with Crippen LogP contribution in [0, 0.1) is 0 Å². The Bertz CT molecular complexity index is 514. The summed E-state index contributed by atoms with van der Waals surface area (Å²) in [5.41, 5.74) is 1.68. The molecule has 3 aliphatic rings. The summed E-state index contributed by atoms with van der Waals surface area (Å²) < 4.78 is 0. The van der Waals surface area contributed by atoms with Crippen molar-refractivity contribution in [3.8, 4) is 0 Å².